The van der Waals surface area contributed by atoms with Crippen molar-refractivity contribution < 1.29 is 13.2 Å². The lowest BCUT2D eigenvalue weighted by molar-refractivity contribution is 0.415. The van der Waals surface area contributed by atoms with Crippen LogP contribution in [0.5, 0.6) is 5.75 Å². The molecule has 0 saturated carbocycles. The third-order valence-corrected chi connectivity index (χ3v) is 5.88. The highest BCUT2D eigenvalue weighted by atomic mass is 35.5. The van der Waals surface area contributed by atoms with Crippen molar-refractivity contribution in [2.45, 2.75) is 18.2 Å². The summed E-state index contributed by atoms with van der Waals surface area (Å²) >= 11 is 6.08. The lowest BCUT2D eigenvalue weighted by Crippen LogP contribution is -2.15. The van der Waals surface area contributed by atoms with E-state index < -0.39 is 10.0 Å². The highest BCUT2D eigenvalue weighted by Gasteiger charge is 2.20. The molecule has 0 unspecified atom stereocenters. The van der Waals surface area contributed by atoms with E-state index in [0.717, 1.165) is 0 Å². The van der Waals surface area contributed by atoms with E-state index >= 15 is 0 Å². The third-order valence-electron chi connectivity index (χ3n) is 4.12. The molecule has 0 aliphatic carbocycles. The quantitative estimate of drug-likeness (QED) is 0.637. The summed E-state index contributed by atoms with van der Waals surface area (Å²) in [7, 11) is -2.40. The molecule has 0 atom stereocenters. The van der Waals surface area contributed by atoms with Crippen LogP contribution in [0.1, 0.15) is 12.5 Å². The van der Waals surface area contributed by atoms with Gasteiger partial charge >= 0.3 is 0 Å². The standard InChI is InChI=1S/C19H18ClN3O4S/c1-3-12-4-5-13(16-7-9-19(24)22-21-16)10-18(12)28(25,26)23-14-6-8-17(27-2)15(20)11-14/h4-11,23H,3H2,1-2H3,(H,22,24). The molecule has 9 heteroatoms. The molecule has 146 valence electrons. The second-order valence-electron chi connectivity index (χ2n) is 5.94. The average Bonchev–Trinajstić information content (AvgIpc) is 2.68. The second kappa shape index (κ2) is 8.04. The van der Waals surface area contributed by atoms with Crippen molar-refractivity contribution in [1.29, 1.82) is 0 Å². The Balaban J connectivity index is 2.02. The number of halogens is 1. The maximum absolute atomic E-state index is 13.0. The van der Waals surface area contributed by atoms with Crippen LogP contribution in [-0.4, -0.2) is 25.7 Å². The van der Waals surface area contributed by atoms with Crippen LogP contribution in [0.4, 0.5) is 5.69 Å². The number of methoxy groups -OCH3 is 1. The first-order valence-electron chi connectivity index (χ1n) is 8.39. The fourth-order valence-electron chi connectivity index (χ4n) is 2.70. The van der Waals surface area contributed by atoms with Crippen LogP contribution in [0.2, 0.25) is 5.02 Å². The van der Waals surface area contributed by atoms with Crippen molar-refractivity contribution in [2.75, 3.05) is 11.8 Å². The smallest absolute Gasteiger partial charge is 0.264 e. The van der Waals surface area contributed by atoms with Gasteiger partial charge in [-0.15, -0.1) is 0 Å². The topological polar surface area (TPSA) is 101 Å². The summed E-state index contributed by atoms with van der Waals surface area (Å²) in [5.41, 5.74) is 1.67. The van der Waals surface area contributed by atoms with Crippen LogP contribution in [0.3, 0.4) is 0 Å². The summed E-state index contributed by atoms with van der Waals surface area (Å²) in [5, 5.41) is 6.60. The van der Waals surface area contributed by atoms with Crippen LogP contribution in [0.25, 0.3) is 11.3 Å². The van der Waals surface area contributed by atoms with E-state index in [4.69, 9.17) is 16.3 Å². The number of aromatic amines is 1. The first-order valence-corrected chi connectivity index (χ1v) is 10.3. The molecule has 0 radical (unpaired) electrons. The van der Waals surface area contributed by atoms with Gasteiger partial charge in [-0.2, -0.15) is 5.10 Å². The number of nitrogens with one attached hydrogen (secondary N) is 2. The SMILES string of the molecule is CCc1ccc(-c2ccc(=O)[nH]n2)cc1S(=O)(=O)Nc1ccc(OC)c(Cl)c1. The van der Waals surface area contributed by atoms with Crippen molar-refractivity contribution in [2.24, 2.45) is 0 Å². The van der Waals surface area contributed by atoms with Gasteiger partial charge < -0.3 is 4.74 Å². The minimum Gasteiger partial charge on any atom is -0.495 e. The summed E-state index contributed by atoms with van der Waals surface area (Å²) in [6, 6.07) is 12.5. The van der Waals surface area contributed by atoms with Gasteiger partial charge in [-0.3, -0.25) is 9.52 Å². The molecular formula is C19H18ClN3O4S. The van der Waals surface area contributed by atoms with Crippen molar-refractivity contribution >= 4 is 27.3 Å². The molecule has 0 aliphatic heterocycles. The molecule has 0 spiro atoms. The number of rotatable bonds is 6. The fourth-order valence-corrected chi connectivity index (χ4v) is 4.35. The molecule has 7 nitrogen and oxygen atoms in total. The third kappa shape index (κ3) is 4.18. The summed E-state index contributed by atoms with van der Waals surface area (Å²) < 4.78 is 33.7. The lowest BCUT2D eigenvalue weighted by Gasteiger charge is -2.14. The number of aromatic nitrogens is 2. The number of hydrogen-bond donors (Lipinski definition) is 2. The predicted octanol–water partition coefficient (Wildman–Crippen LogP) is 3.46. The summed E-state index contributed by atoms with van der Waals surface area (Å²) in [4.78, 5) is 11.3. The molecule has 2 aromatic carbocycles. The number of hydrogen-bond acceptors (Lipinski definition) is 5. The monoisotopic (exact) mass is 419 g/mol. The summed E-state index contributed by atoms with van der Waals surface area (Å²) in [6.07, 6.45) is 0.527. The van der Waals surface area contributed by atoms with Gasteiger partial charge in [-0.05, 0) is 42.3 Å². The van der Waals surface area contributed by atoms with E-state index in [-0.39, 0.29) is 10.5 Å². The molecule has 0 saturated heterocycles. The zero-order chi connectivity index (χ0) is 20.3. The van der Waals surface area contributed by atoms with Crippen LogP contribution in [-0.2, 0) is 16.4 Å². The molecule has 2 N–H and O–H groups in total. The van der Waals surface area contributed by atoms with E-state index in [9.17, 15) is 13.2 Å². The minimum atomic E-state index is -3.88. The number of ether oxygens (including phenoxy) is 1. The van der Waals surface area contributed by atoms with E-state index in [1.165, 1.54) is 31.4 Å². The van der Waals surface area contributed by atoms with Crippen molar-refractivity contribution in [3.8, 4) is 17.0 Å². The predicted molar refractivity (Wildman–Crippen MR) is 108 cm³/mol. The van der Waals surface area contributed by atoms with Gasteiger partial charge in [-0.25, -0.2) is 13.5 Å². The number of anilines is 1. The van der Waals surface area contributed by atoms with Crippen LogP contribution >= 0.6 is 11.6 Å². The maximum Gasteiger partial charge on any atom is 0.264 e. The van der Waals surface area contributed by atoms with E-state index in [0.29, 0.717) is 39.7 Å². The van der Waals surface area contributed by atoms with Gasteiger partial charge in [-0.1, -0.05) is 30.7 Å². The Labute approximate surface area is 167 Å². The fraction of sp³-hybridized carbons (Fsp3) is 0.158. The van der Waals surface area contributed by atoms with Crippen LogP contribution in [0, 0.1) is 0 Å². The molecule has 1 heterocycles. The maximum atomic E-state index is 13.0. The zero-order valence-electron chi connectivity index (χ0n) is 15.2. The number of aryl methyl sites for hydroxylation is 1. The molecule has 28 heavy (non-hydrogen) atoms. The molecule has 0 amide bonds. The molecule has 0 bridgehead atoms. The summed E-state index contributed by atoms with van der Waals surface area (Å²) in [6.45, 7) is 1.87. The first-order chi connectivity index (χ1) is 13.3. The van der Waals surface area contributed by atoms with Crippen LogP contribution < -0.4 is 15.0 Å². The second-order valence-corrected chi connectivity index (χ2v) is 8.00. The Morgan fingerprint density at radius 2 is 1.93 bits per heavy atom. The van der Waals surface area contributed by atoms with Gasteiger partial charge in [0.25, 0.3) is 15.6 Å². The van der Waals surface area contributed by atoms with Crippen molar-refractivity contribution in [3.63, 3.8) is 0 Å². The number of benzene rings is 2. The highest BCUT2D eigenvalue weighted by Crippen LogP contribution is 2.30. The Kier molecular flexibility index (Phi) is 5.71. The minimum absolute atomic E-state index is 0.132. The normalized spacial score (nSPS) is 11.2. The van der Waals surface area contributed by atoms with Crippen molar-refractivity contribution in [1.82, 2.24) is 10.2 Å². The number of H-pyrrole nitrogens is 1. The largest absolute Gasteiger partial charge is 0.495 e. The van der Waals surface area contributed by atoms with E-state index in [1.807, 2.05) is 6.92 Å². The molecule has 3 aromatic rings. The molecule has 1 aromatic heterocycles. The van der Waals surface area contributed by atoms with Crippen molar-refractivity contribution in [3.05, 3.63) is 69.5 Å². The Bertz CT molecular complexity index is 1160. The highest BCUT2D eigenvalue weighted by molar-refractivity contribution is 7.92. The lowest BCUT2D eigenvalue weighted by atomic mass is 10.1. The number of sulfonamides is 1. The Morgan fingerprint density at radius 1 is 1.14 bits per heavy atom. The van der Waals surface area contributed by atoms with Crippen LogP contribution in [0.15, 0.2) is 58.2 Å². The van der Waals surface area contributed by atoms with Gasteiger partial charge in [0.05, 0.1) is 28.4 Å². The average molecular weight is 420 g/mol. The first kappa shape index (κ1) is 19.9. The molecule has 3 rings (SSSR count). The Morgan fingerprint density at radius 3 is 2.54 bits per heavy atom. The molecule has 0 fully saturated rings. The Hall–Kier alpha value is -2.84. The van der Waals surface area contributed by atoms with Gasteiger partial charge in [0.15, 0.2) is 0 Å². The zero-order valence-corrected chi connectivity index (χ0v) is 16.8. The molecule has 0 aliphatic rings. The van der Waals surface area contributed by atoms with Gasteiger partial charge in [0.1, 0.15) is 5.75 Å². The van der Waals surface area contributed by atoms with Gasteiger partial charge in [0.2, 0.25) is 0 Å². The molecular weight excluding hydrogens is 402 g/mol. The van der Waals surface area contributed by atoms with Gasteiger partial charge in [0, 0.05) is 11.6 Å². The van der Waals surface area contributed by atoms with E-state index in [1.54, 1.807) is 24.3 Å². The summed E-state index contributed by atoms with van der Waals surface area (Å²) in [5.74, 6) is 0.449. The van der Waals surface area contributed by atoms with E-state index in [2.05, 4.69) is 14.9 Å². The number of nitrogens with zero attached hydrogens (tertiary/aromatic N) is 1.